The Kier molecular flexibility index (Phi) is 4.81. The van der Waals surface area contributed by atoms with E-state index >= 15 is 4.39 Å². The molecule has 0 aromatic carbocycles. The molecule has 0 unspecified atom stereocenters. The smallest absolute Gasteiger partial charge is 0.398 e. The Balaban J connectivity index is 1.67. The molecule has 0 spiro atoms. The second kappa shape index (κ2) is 6.87. The Morgan fingerprint density at radius 3 is 2.52 bits per heavy atom. The lowest BCUT2D eigenvalue weighted by Crippen LogP contribution is -2.41. The zero-order valence-corrected chi connectivity index (χ0v) is 17.2. The maximum absolute atomic E-state index is 15.1. The molecule has 1 aliphatic heterocycles. The molecule has 4 rings (SSSR count). The first-order valence-electron chi connectivity index (χ1n) is 9.63. The van der Waals surface area contributed by atoms with Crippen molar-refractivity contribution in [2.45, 2.75) is 70.6 Å². The first-order chi connectivity index (χ1) is 12.8. The Labute approximate surface area is 164 Å². The number of aromatic nitrogens is 2. The SMILES string of the molecule is CC1(C)OB(C(F)=Cc2cc(-c3cccs3)nn2C2CCCC2)OC1(C)C. The predicted molar refractivity (Wildman–Crippen MR) is 108 cm³/mol. The summed E-state index contributed by atoms with van der Waals surface area (Å²) in [5, 5.41) is 6.84. The van der Waals surface area contributed by atoms with Crippen molar-refractivity contribution in [2.24, 2.45) is 0 Å². The van der Waals surface area contributed by atoms with Gasteiger partial charge in [0.15, 0.2) is 0 Å². The Morgan fingerprint density at radius 1 is 1.26 bits per heavy atom. The van der Waals surface area contributed by atoms with Crippen molar-refractivity contribution in [3.8, 4) is 10.6 Å². The van der Waals surface area contributed by atoms with Gasteiger partial charge >= 0.3 is 7.12 Å². The van der Waals surface area contributed by atoms with E-state index in [1.165, 1.54) is 18.9 Å². The lowest BCUT2D eigenvalue weighted by Gasteiger charge is -2.32. The molecule has 0 amide bonds. The van der Waals surface area contributed by atoms with Gasteiger partial charge in [0.05, 0.1) is 27.8 Å². The summed E-state index contributed by atoms with van der Waals surface area (Å²) in [4.78, 5) is 1.09. The van der Waals surface area contributed by atoms with E-state index in [-0.39, 0.29) is 0 Å². The van der Waals surface area contributed by atoms with Crippen molar-refractivity contribution in [3.63, 3.8) is 0 Å². The van der Waals surface area contributed by atoms with Crippen LogP contribution in [0.4, 0.5) is 4.39 Å². The van der Waals surface area contributed by atoms with Gasteiger partial charge in [0, 0.05) is 0 Å². The largest absolute Gasteiger partial charge is 0.525 e. The van der Waals surface area contributed by atoms with Crippen LogP contribution in [0.25, 0.3) is 16.6 Å². The average Bonchev–Trinajstić information content (AvgIpc) is 3.35. The molecule has 7 heteroatoms. The van der Waals surface area contributed by atoms with Gasteiger partial charge in [-0.25, -0.2) is 4.39 Å². The minimum atomic E-state index is -0.980. The van der Waals surface area contributed by atoms with E-state index < -0.39 is 24.0 Å². The molecule has 2 fully saturated rings. The number of halogens is 1. The van der Waals surface area contributed by atoms with E-state index in [1.807, 2.05) is 56.0 Å². The van der Waals surface area contributed by atoms with Gasteiger partial charge in [-0.2, -0.15) is 5.10 Å². The highest BCUT2D eigenvalue weighted by atomic mass is 32.1. The molecule has 144 valence electrons. The topological polar surface area (TPSA) is 36.3 Å². The number of hydrogen-bond donors (Lipinski definition) is 0. The molecule has 0 N–H and O–H groups in total. The van der Waals surface area contributed by atoms with Crippen LogP contribution >= 0.6 is 11.3 Å². The van der Waals surface area contributed by atoms with Crippen LogP contribution in [0, 0.1) is 0 Å². The first kappa shape index (κ1) is 18.9. The number of hydrogen-bond acceptors (Lipinski definition) is 4. The van der Waals surface area contributed by atoms with Gasteiger partial charge in [-0.15, -0.1) is 11.3 Å². The molecule has 0 radical (unpaired) electrons. The number of rotatable bonds is 4. The minimum Gasteiger partial charge on any atom is -0.398 e. The first-order valence-corrected chi connectivity index (χ1v) is 10.5. The van der Waals surface area contributed by atoms with Gasteiger partial charge in [0.1, 0.15) is 11.4 Å². The van der Waals surface area contributed by atoms with Crippen LogP contribution in [0.15, 0.2) is 29.3 Å². The van der Waals surface area contributed by atoms with Gasteiger partial charge in [-0.05, 0) is 64.1 Å². The normalized spacial score (nSPS) is 22.7. The monoisotopic (exact) mass is 388 g/mol. The molecular weight excluding hydrogens is 362 g/mol. The van der Waals surface area contributed by atoms with Crippen LogP contribution in [0.3, 0.4) is 0 Å². The second-order valence-electron chi connectivity index (χ2n) is 8.43. The van der Waals surface area contributed by atoms with Crippen molar-refractivity contribution in [1.29, 1.82) is 0 Å². The van der Waals surface area contributed by atoms with E-state index in [4.69, 9.17) is 14.4 Å². The molecule has 0 atom stereocenters. The summed E-state index contributed by atoms with van der Waals surface area (Å²) in [6, 6.07) is 6.35. The van der Waals surface area contributed by atoms with Crippen LogP contribution in [0.2, 0.25) is 0 Å². The molecule has 3 heterocycles. The molecule has 1 saturated carbocycles. The highest BCUT2D eigenvalue weighted by Gasteiger charge is 2.53. The van der Waals surface area contributed by atoms with E-state index in [0.717, 1.165) is 29.1 Å². The van der Waals surface area contributed by atoms with Crippen molar-refractivity contribution < 1.29 is 13.7 Å². The second-order valence-corrected chi connectivity index (χ2v) is 9.38. The fourth-order valence-electron chi connectivity index (χ4n) is 3.67. The maximum Gasteiger partial charge on any atom is 0.525 e. The van der Waals surface area contributed by atoms with Crippen molar-refractivity contribution in [3.05, 3.63) is 35.0 Å². The highest BCUT2D eigenvalue weighted by molar-refractivity contribution is 7.13. The van der Waals surface area contributed by atoms with E-state index in [9.17, 15) is 0 Å². The van der Waals surface area contributed by atoms with E-state index in [2.05, 4.69) is 0 Å². The van der Waals surface area contributed by atoms with Gasteiger partial charge in [0.25, 0.3) is 0 Å². The summed E-state index contributed by atoms with van der Waals surface area (Å²) in [5.74, 6) is 0. The third kappa shape index (κ3) is 3.53. The van der Waals surface area contributed by atoms with Gasteiger partial charge in [-0.1, -0.05) is 18.9 Å². The minimum absolute atomic E-state index is 0.330. The standard InChI is InChI=1S/C20H26BFN2O2S/c1-19(2)20(3,4)26-21(25-19)18(22)13-15-12-16(17-10-7-11-27-17)23-24(15)14-8-5-6-9-14/h7,10-14H,5-6,8-9H2,1-4H3. The number of thiophene rings is 1. The summed E-state index contributed by atoms with van der Waals surface area (Å²) in [5.41, 5.74) is 0.140. The molecule has 2 aromatic rings. The Bertz CT molecular complexity index is 822. The third-order valence-corrected chi connectivity index (χ3v) is 6.87. The highest BCUT2D eigenvalue weighted by Crippen LogP contribution is 2.39. The van der Waals surface area contributed by atoms with Crippen LogP contribution in [-0.2, 0) is 9.31 Å². The quantitative estimate of drug-likeness (QED) is 0.634. The fourth-order valence-corrected chi connectivity index (χ4v) is 4.35. The molecule has 27 heavy (non-hydrogen) atoms. The zero-order chi connectivity index (χ0) is 19.2. The lowest BCUT2D eigenvalue weighted by atomic mass is 9.87. The summed E-state index contributed by atoms with van der Waals surface area (Å²) in [6.45, 7) is 7.71. The molecule has 1 saturated heterocycles. The molecule has 4 nitrogen and oxygen atoms in total. The summed E-state index contributed by atoms with van der Waals surface area (Å²) in [6.07, 6.45) is 6.10. The fraction of sp³-hybridized carbons (Fsp3) is 0.550. The van der Waals surface area contributed by atoms with Crippen LogP contribution in [0.1, 0.15) is 65.1 Å². The van der Waals surface area contributed by atoms with E-state index in [1.54, 1.807) is 11.3 Å². The number of nitrogens with zero attached hydrogens (tertiary/aromatic N) is 2. The molecule has 2 aliphatic rings. The van der Waals surface area contributed by atoms with Crippen molar-refractivity contribution in [2.75, 3.05) is 0 Å². The molecular formula is C20H26BFN2O2S. The average molecular weight is 388 g/mol. The van der Waals surface area contributed by atoms with Gasteiger partial charge < -0.3 is 9.31 Å². The molecule has 2 aromatic heterocycles. The summed E-state index contributed by atoms with van der Waals surface area (Å²) in [7, 11) is -0.980. The molecule has 0 bridgehead atoms. The van der Waals surface area contributed by atoms with Gasteiger partial charge in [-0.3, -0.25) is 4.68 Å². The van der Waals surface area contributed by atoms with Crippen LogP contribution < -0.4 is 0 Å². The predicted octanol–water partition coefficient (Wildman–Crippen LogP) is 5.67. The summed E-state index contributed by atoms with van der Waals surface area (Å²) >= 11 is 1.64. The van der Waals surface area contributed by atoms with Crippen LogP contribution in [-0.4, -0.2) is 28.1 Å². The maximum atomic E-state index is 15.1. The lowest BCUT2D eigenvalue weighted by molar-refractivity contribution is 0.00578. The Hall–Kier alpha value is -1.44. The molecule has 1 aliphatic carbocycles. The van der Waals surface area contributed by atoms with E-state index in [0.29, 0.717) is 6.04 Å². The zero-order valence-electron chi connectivity index (χ0n) is 16.4. The van der Waals surface area contributed by atoms with Crippen LogP contribution in [0.5, 0.6) is 0 Å². The van der Waals surface area contributed by atoms with Crippen molar-refractivity contribution >= 4 is 24.5 Å². The summed E-state index contributed by atoms with van der Waals surface area (Å²) < 4.78 is 28.8. The third-order valence-electron chi connectivity index (χ3n) is 5.97. The van der Waals surface area contributed by atoms with Gasteiger partial charge in [0.2, 0.25) is 0 Å². The Morgan fingerprint density at radius 2 is 1.93 bits per heavy atom. The van der Waals surface area contributed by atoms with Crippen molar-refractivity contribution in [1.82, 2.24) is 9.78 Å².